The van der Waals surface area contributed by atoms with Crippen molar-refractivity contribution in [1.29, 1.82) is 0 Å². The number of hydrogen-bond acceptors (Lipinski definition) is 4. The minimum atomic E-state index is -0.0687. The fraction of sp³-hybridized carbons (Fsp3) is 0.722. The lowest BCUT2D eigenvalue weighted by atomic mass is 10.1. The van der Waals surface area contributed by atoms with Crippen LogP contribution in [0, 0.1) is 13.8 Å². The summed E-state index contributed by atoms with van der Waals surface area (Å²) in [5, 5.41) is 3.04. The second-order valence-corrected chi connectivity index (χ2v) is 6.98. The van der Waals surface area contributed by atoms with E-state index in [2.05, 4.69) is 24.1 Å². The third-order valence-corrected chi connectivity index (χ3v) is 4.48. The number of aryl methyl sites for hydroxylation is 2. The predicted molar refractivity (Wildman–Crippen MR) is 94.2 cm³/mol. The maximum atomic E-state index is 12.4. The van der Waals surface area contributed by atoms with Crippen molar-refractivity contribution in [3.05, 3.63) is 23.2 Å². The summed E-state index contributed by atoms with van der Waals surface area (Å²) >= 11 is 0. The highest BCUT2D eigenvalue weighted by molar-refractivity contribution is 5.74. The van der Waals surface area contributed by atoms with E-state index in [1.165, 1.54) is 0 Å². The molecule has 0 bridgehead atoms. The van der Waals surface area contributed by atoms with Gasteiger partial charge in [0.05, 0.1) is 18.2 Å². The number of carbonyl (C=O) groups is 1. The van der Waals surface area contributed by atoms with Crippen LogP contribution < -0.4 is 5.32 Å². The quantitative estimate of drug-likeness (QED) is 0.897. The number of ether oxygens (including phenoxy) is 1. The lowest BCUT2D eigenvalue weighted by Gasteiger charge is -2.36. The molecule has 1 aromatic heterocycles. The second-order valence-electron chi connectivity index (χ2n) is 6.98. The molecule has 24 heavy (non-hydrogen) atoms. The summed E-state index contributed by atoms with van der Waals surface area (Å²) in [4.78, 5) is 16.5. The maximum Gasteiger partial charge on any atom is 0.317 e. The molecule has 2 amide bonds. The van der Waals surface area contributed by atoms with E-state index in [0.717, 1.165) is 36.7 Å². The molecule has 1 saturated heterocycles. The predicted octanol–water partition coefficient (Wildman–Crippen LogP) is 2.71. The van der Waals surface area contributed by atoms with Gasteiger partial charge in [-0.1, -0.05) is 0 Å². The van der Waals surface area contributed by atoms with Crippen LogP contribution >= 0.6 is 0 Å². The molecule has 1 aromatic rings. The highest BCUT2D eigenvalue weighted by Crippen LogP contribution is 2.21. The number of nitrogens with one attached hydrogen (secondary N) is 1. The molecule has 3 atom stereocenters. The topological polar surface area (TPSA) is 58.0 Å². The van der Waals surface area contributed by atoms with E-state index in [9.17, 15) is 4.79 Å². The van der Waals surface area contributed by atoms with Crippen LogP contribution in [0.5, 0.6) is 0 Å². The summed E-state index contributed by atoms with van der Waals surface area (Å²) in [5.74, 6) is 1.73. The summed E-state index contributed by atoms with van der Waals surface area (Å²) in [5.41, 5.74) is 1.03. The summed E-state index contributed by atoms with van der Waals surface area (Å²) in [7, 11) is 1.84. The SMILES string of the molecule is Cc1cc(C(C)NC(=O)N(C)CCN2C[C@@H](C)O[C@@H](C)C2)c(C)o1. The van der Waals surface area contributed by atoms with Gasteiger partial charge >= 0.3 is 6.03 Å². The molecular weight excluding hydrogens is 306 g/mol. The molecule has 0 aliphatic carbocycles. The molecule has 6 nitrogen and oxygen atoms in total. The Morgan fingerprint density at radius 3 is 2.54 bits per heavy atom. The summed E-state index contributed by atoms with van der Waals surface area (Å²) in [6.07, 6.45) is 0.500. The van der Waals surface area contributed by atoms with Gasteiger partial charge in [-0.2, -0.15) is 0 Å². The molecule has 1 aliphatic rings. The molecule has 2 rings (SSSR count). The van der Waals surface area contributed by atoms with E-state index in [-0.39, 0.29) is 24.3 Å². The van der Waals surface area contributed by atoms with Crippen molar-refractivity contribution in [2.45, 2.75) is 52.9 Å². The minimum Gasteiger partial charge on any atom is -0.466 e. The van der Waals surface area contributed by atoms with E-state index < -0.39 is 0 Å². The largest absolute Gasteiger partial charge is 0.466 e. The number of amides is 2. The van der Waals surface area contributed by atoms with Crippen molar-refractivity contribution in [1.82, 2.24) is 15.1 Å². The first-order valence-electron chi connectivity index (χ1n) is 8.72. The highest BCUT2D eigenvalue weighted by Gasteiger charge is 2.23. The number of hydrogen-bond donors (Lipinski definition) is 1. The molecule has 1 fully saturated rings. The lowest BCUT2D eigenvalue weighted by Crippen LogP contribution is -2.49. The van der Waals surface area contributed by atoms with Crippen LogP contribution in [0.25, 0.3) is 0 Å². The zero-order valence-electron chi connectivity index (χ0n) is 15.8. The van der Waals surface area contributed by atoms with Gasteiger partial charge in [0.25, 0.3) is 0 Å². The van der Waals surface area contributed by atoms with Gasteiger partial charge in [-0.25, -0.2) is 4.79 Å². The Morgan fingerprint density at radius 1 is 1.38 bits per heavy atom. The van der Waals surface area contributed by atoms with Crippen LogP contribution in [0.2, 0.25) is 0 Å². The Hall–Kier alpha value is -1.53. The van der Waals surface area contributed by atoms with E-state index in [4.69, 9.17) is 9.15 Å². The molecule has 0 saturated carbocycles. The van der Waals surface area contributed by atoms with Crippen molar-refractivity contribution in [2.75, 3.05) is 33.2 Å². The van der Waals surface area contributed by atoms with Gasteiger partial charge < -0.3 is 19.4 Å². The molecule has 0 aromatic carbocycles. The summed E-state index contributed by atoms with van der Waals surface area (Å²) in [6.45, 7) is 13.4. The minimum absolute atomic E-state index is 0.0601. The van der Waals surface area contributed by atoms with Crippen LogP contribution in [0.15, 0.2) is 10.5 Å². The molecule has 0 spiro atoms. The van der Waals surface area contributed by atoms with Crippen LogP contribution in [0.4, 0.5) is 4.79 Å². The maximum absolute atomic E-state index is 12.4. The number of likely N-dealkylation sites (N-methyl/N-ethyl adjacent to an activating group) is 1. The van der Waals surface area contributed by atoms with Crippen molar-refractivity contribution in [3.63, 3.8) is 0 Å². The molecule has 136 valence electrons. The van der Waals surface area contributed by atoms with Crippen LogP contribution in [-0.2, 0) is 4.74 Å². The first-order valence-corrected chi connectivity index (χ1v) is 8.72. The molecule has 6 heteroatoms. The first-order chi connectivity index (χ1) is 11.3. The standard InChI is InChI=1S/C18H31N3O3/c1-12-9-17(16(5)24-12)15(4)19-18(22)20(6)7-8-21-10-13(2)23-14(3)11-21/h9,13-15H,7-8,10-11H2,1-6H3,(H,19,22)/t13-,14+,15?. The third-order valence-electron chi connectivity index (χ3n) is 4.48. The second kappa shape index (κ2) is 8.03. The lowest BCUT2D eigenvalue weighted by molar-refractivity contribution is -0.0684. The Balaban J connectivity index is 1.80. The zero-order valence-corrected chi connectivity index (χ0v) is 15.8. The molecule has 2 heterocycles. The van der Waals surface area contributed by atoms with E-state index in [1.807, 2.05) is 33.9 Å². The average Bonchev–Trinajstić information content (AvgIpc) is 2.82. The van der Waals surface area contributed by atoms with Gasteiger partial charge in [0.2, 0.25) is 0 Å². The molecule has 1 N–H and O–H groups in total. The zero-order chi connectivity index (χ0) is 17.9. The Labute approximate surface area is 145 Å². The van der Waals surface area contributed by atoms with Gasteiger partial charge in [-0.15, -0.1) is 0 Å². The Bertz CT molecular complexity index is 548. The van der Waals surface area contributed by atoms with Gasteiger partial charge in [-0.3, -0.25) is 4.90 Å². The smallest absolute Gasteiger partial charge is 0.317 e. The number of urea groups is 1. The molecule has 0 radical (unpaired) electrons. The highest BCUT2D eigenvalue weighted by atomic mass is 16.5. The van der Waals surface area contributed by atoms with Crippen LogP contribution in [0.3, 0.4) is 0 Å². The normalized spacial score (nSPS) is 23.1. The van der Waals surface area contributed by atoms with E-state index in [0.29, 0.717) is 6.54 Å². The van der Waals surface area contributed by atoms with Crippen molar-refractivity contribution >= 4 is 6.03 Å². The number of carbonyl (C=O) groups excluding carboxylic acids is 1. The number of rotatable bonds is 5. The Kier molecular flexibility index (Phi) is 6.29. The number of furan rings is 1. The Morgan fingerprint density at radius 2 is 2.00 bits per heavy atom. The first kappa shape index (κ1) is 18.8. The van der Waals surface area contributed by atoms with E-state index in [1.54, 1.807) is 4.90 Å². The van der Waals surface area contributed by atoms with Crippen molar-refractivity contribution < 1.29 is 13.9 Å². The fourth-order valence-corrected chi connectivity index (χ4v) is 3.31. The fourth-order valence-electron chi connectivity index (χ4n) is 3.31. The van der Waals surface area contributed by atoms with E-state index >= 15 is 0 Å². The van der Waals surface area contributed by atoms with Gasteiger partial charge in [0.15, 0.2) is 0 Å². The van der Waals surface area contributed by atoms with Crippen molar-refractivity contribution in [3.8, 4) is 0 Å². The molecule has 1 unspecified atom stereocenters. The number of nitrogens with zero attached hydrogens (tertiary/aromatic N) is 2. The van der Waals surface area contributed by atoms with Gasteiger partial charge in [0, 0.05) is 38.8 Å². The van der Waals surface area contributed by atoms with Crippen LogP contribution in [-0.4, -0.2) is 61.3 Å². The third kappa shape index (κ3) is 4.98. The van der Waals surface area contributed by atoms with Crippen LogP contribution in [0.1, 0.15) is 43.9 Å². The molecular formula is C18H31N3O3. The van der Waals surface area contributed by atoms with Crippen molar-refractivity contribution in [2.24, 2.45) is 0 Å². The average molecular weight is 337 g/mol. The summed E-state index contributed by atoms with van der Waals surface area (Å²) < 4.78 is 11.3. The summed E-state index contributed by atoms with van der Waals surface area (Å²) in [6, 6.07) is 1.85. The van der Waals surface area contributed by atoms with Gasteiger partial charge in [0.1, 0.15) is 11.5 Å². The molecule has 1 aliphatic heterocycles. The number of morpholine rings is 1. The monoisotopic (exact) mass is 337 g/mol. The van der Waals surface area contributed by atoms with Gasteiger partial charge in [-0.05, 0) is 40.7 Å².